The number of benzene rings is 3. The summed E-state index contributed by atoms with van der Waals surface area (Å²) in [5.41, 5.74) is 2.07. The third kappa shape index (κ3) is 5.72. The summed E-state index contributed by atoms with van der Waals surface area (Å²) in [6.45, 7) is 0.280. The second kappa shape index (κ2) is 9.05. The highest BCUT2D eigenvalue weighted by molar-refractivity contribution is 6.30. The van der Waals surface area contributed by atoms with Crippen LogP contribution in [0.1, 0.15) is 5.56 Å². The molecule has 0 aliphatic rings. The van der Waals surface area contributed by atoms with Crippen molar-refractivity contribution in [2.45, 2.75) is 6.54 Å². The molecule has 138 valence electrons. The van der Waals surface area contributed by atoms with Crippen molar-refractivity contribution in [2.75, 3.05) is 17.2 Å². The van der Waals surface area contributed by atoms with Gasteiger partial charge in [-0.05, 0) is 54.6 Å². The Morgan fingerprint density at radius 3 is 2.30 bits per heavy atom. The lowest BCUT2D eigenvalue weighted by Crippen LogP contribution is -2.20. The number of carbonyl (C=O) groups is 1. The summed E-state index contributed by atoms with van der Waals surface area (Å²) in [6.07, 6.45) is 0. The van der Waals surface area contributed by atoms with Crippen molar-refractivity contribution in [3.8, 4) is 5.75 Å². The molecule has 0 aliphatic heterocycles. The first-order valence-corrected chi connectivity index (χ1v) is 8.73. The number of amides is 1. The van der Waals surface area contributed by atoms with Crippen LogP contribution in [0.25, 0.3) is 0 Å². The van der Waals surface area contributed by atoms with Crippen LogP contribution in [0.4, 0.5) is 15.8 Å². The first-order chi connectivity index (χ1) is 13.1. The van der Waals surface area contributed by atoms with Gasteiger partial charge in [-0.3, -0.25) is 4.79 Å². The molecule has 0 aliphatic carbocycles. The number of hydrogen-bond donors (Lipinski definition) is 2. The highest BCUT2D eigenvalue weighted by Gasteiger charge is 2.05. The molecule has 0 aromatic heterocycles. The Balaban J connectivity index is 1.47. The van der Waals surface area contributed by atoms with Crippen molar-refractivity contribution in [3.63, 3.8) is 0 Å². The van der Waals surface area contributed by atoms with Gasteiger partial charge in [0.25, 0.3) is 5.91 Å². The normalized spacial score (nSPS) is 10.3. The Kier molecular flexibility index (Phi) is 6.28. The van der Waals surface area contributed by atoms with E-state index in [1.165, 1.54) is 6.07 Å². The average molecular weight is 385 g/mol. The van der Waals surface area contributed by atoms with E-state index in [0.717, 1.165) is 5.69 Å². The molecule has 0 radical (unpaired) electrons. The molecule has 0 bridgehead atoms. The van der Waals surface area contributed by atoms with E-state index in [0.29, 0.717) is 28.6 Å². The summed E-state index contributed by atoms with van der Waals surface area (Å²) in [5, 5.41) is 6.51. The van der Waals surface area contributed by atoms with E-state index in [4.69, 9.17) is 16.3 Å². The van der Waals surface area contributed by atoms with Crippen LogP contribution >= 0.6 is 11.6 Å². The van der Waals surface area contributed by atoms with Crippen LogP contribution in [0, 0.1) is 5.82 Å². The van der Waals surface area contributed by atoms with Crippen LogP contribution in [0.5, 0.6) is 5.75 Å². The van der Waals surface area contributed by atoms with Crippen molar-refractivity contribution < 1.29 is 13.9 Å². The summed E-state index contributed by atoms with van der Waals surface area (Å²) >= 11 is 5.80. The molecule has 0 saturated heterocycles. The van der Waals surface area contributed by atoms with Gasteiger partial charge in [-0.15, -0.1) is 0 Å². The Morgan fingerprint density at radius 2 is 1.59 bits per heavy atom. The van der Waals surface area contributed by atoms with E-state index >= 15 is 0 Å². The third-order valence-corrected chi connectivity index (χ3v) is 4.05. The Bertz CT molecular complexity index is 899. The minimum atomic E-state index is -0.267. The smallest absolute Gasteiger partial charge is 0.262 e. The van der Waals surface area contributed by atoms with Gasteiger partial charge >= 0.3 is 0 Å². The highest BCUT2D eigenvalue weighted by Crippen LogP contribution is 2.17. The number of hydrogen-bond acceptors (Lipinski definition) is 3. The minimum absolute atomic E-state index is 0.102. The lowest BCUT2D eigenvalue weighted by atomic mass is 10.2. The number of halogens is 2. The van der Waals surface area contributed by atoms with Gasteiger partial charge in [-0.25, -0.2) is 4.39 Å². The number of anilines is 2. The highest BCUT2D eigenvalue weighted by atomic mass is 35.5. The lowest BCUT2D eigenvalue weighted by Gasteiger charge is -2.10. The largest absolute Gasteiger partial charge is 0.484 e. The Morgan fingerprint density at radius 1 is 0.926 bits per heavy atom. The molecule has 0 heterocycles. The maximum atomic E-state index is 13.6. The molecule has 2 N–H and O–H groups in total. The number of ether oxygens (including phenoxy) is 1. The van der Waals surface area contributed by atoms with Crippen LogP contribution in [0.2, 0.25) is 5.02 Å². The predicted octanol–water partition coefficient (Wildman–Crippen LogP) is 5.11. The number of rotatable bonds is 7. The zero-order valence-corrected chi connectivity index (χ0v) is 15.2. The van der Waals surface area contributed by atoms with Crippen molar-refractivity contribution in [1.29, 1.82) is 0 Å². The summed E-state index contributed by atoms with van der Waals surface area (Å²) in [4.78, 5) is 12.0. The number of nitrogens with one attached hydrogen (secondary N) is 2. The first-order valence-electron chi connectivity index (χ1n) is 8.36. The second-order valence-electron chi connectivity index (χ2n) is 5.81. The van der Waals surface area contributed by atoms with E-state index in [1.807, 2.05) is 12.1 Å². The second-order valence-corrected chi connectivity index (χ2v) is 6.25. The zero-order valence-electron chi connectivity index (χ0n) is 14.4. The quantitative estimate of drug-likeness (QED) is 0.595. The fourth-order valence-electron chi connectivity index (χ4n) is 2.39. The van der Waals surface area contributed by atoms with Crippen molar-refractivity contribution >= 4 is 28.9 Å². The van der Waals surface area contributed by atoms with E-state index < -0.39 is 0 Å². The minimum Gasteiger partial charge on any atom is -0.484 e. The maximum Gasteiger partial charge on any atom is 0.262 e. The van der Waals surface area contributed by atoms with Gasteiger partial charge in [0, 0.05) is 28.5 Å². The molecule has 1 amide bonds. The van der Waals surface area contributed by atoms with Crippen molar-refractivity contribution in [3.05, 3.63) is 89.2 Å². The Labute approximate surface area is 161 Å². The lowest BCUT2D eigenvalue weighted by molar-refractivity contribution is -0.118. The fraction of sp³-hybridized carbons (Fsp3) is 0.0952. The first kappa shape index (κ1) is 18.7. The zero-order chi connectivity index (χ0) is 19.1. The SMILES string of the molecule is O=C(COc1ccc(Cl)cc1)Nc1ccc(NCc2ccccc2F)cc1. The topological polar surface area (TPSA) is 50.4 Å². The summed E-state index contributed by atoms with van der Waals surface area (Å²) < 4.78 is 19.0. The van der Waals surface area contributed by atoms with Crippen molar-refractivity contribution in [1.82, 2.24) is 0 Å². The molecule has 27 heavy (non-hydrogen) atoms. The third-order valence-electron chi connectivity index (χ3n) is 3.79. The molecule has 3 aromatic carbocycles. The van der Waals surface area contributed by atoms with E-state index in [-0.39, 0.29) is 18.3 Å². The van der Waals surface area contributed by atoms with Crippen molar-refractivity contribution in [2.24, 2.45) is 0 Å². The van der Waals surface area contributed by atoms with Gasteiger partial charge in [-0.1, -0.05) is 29.8 Å². The van der Waals surface area contributed by atoms with E-state index in [9.17, 15) is 9.18 Å². The van der Waals surface area contributed by atoms with E-state index in [1.54, 1.807) is 54.6 Å². The predicted molar refractivity (Wildman–Crippen MR) is 106 cm³/mol. The summed E-state index contributed by atoms with van der Waals surface area (Å²) in [6, 6.07) is 20.6. The molecule has 3 rings (SSSR count). The maximum absolute atomic E-state index is 13.6. The Hall–Kier alpha value is -3.05. The van der Waals surface area contributed by atoms with Crippen LogP contribution in [-0.4, -0.2) is 12.5 Å². The van der Waals surface area contributed by atoms with Gasteiger partial charge in [0.05, 0.1) is 0 Å². The van der Waals surface area contributed by atoms with Crippen LogP contribution in [0.3, 0.4) is 0 Å². The average Bonchev–Trinajstić information content (AvgIpc) is 2.68. The van der Waals surface area contributed by atoms with Gasteiger partial charge in [-0.2, -0.15) is 0 Å². The molecule has 0 atom stereocenters. The van der Waals surface area contributed by atoms with Crippen LogP contribution in [-0.2, 0) is 11.3 Å². The molecule has 6 heteroatoms. The molecular formula is C21H18ClFN2O2. The van der Waals surface area contributed by atoms with Gasteiger partial charge in [0.15, 0.2) is 6.61 Å². The molecule has 0 unspecified atom stereocenters. The molecule has 3 aromatic rings. The molecule has 0 saturated carbocycles. The molecule has 4 nitrogen and oxygen atoms in total. The fourth-order valence-corrected chi connectivity index (χ4v) is 2.51. The standard InChI is InChI=1S/C21H18ClFN2O2/c22-16-5-11-19(12-6-16)27-14-21(26)25-18-9-7-17(8-10-18)24-13-15-3-1-2-4-20(15)23/h1-12,24H,13-14H2,(H,25,26). The number of carbonyl (C=O) groups excluding carboxylic acids is 1. The van der Waals surface area contributed by atoms with Gasteiger partial charge < -0.3 is 15.4 Å². The molecular weight excluding hydrogens is 367 g/mol. The van der Waals surface area contributed by atoms with Gasteiger partial charge in [0.2, 0.25) is 0 Å². The summed E-state index contributed by atoms with van der Waals surface area (Å²) in [5.74, 6) is 0.0637. The van der Waals surface area contributed by atoms with Crippen LogP contribution < -0.4 is 15.4 Å². The monoisotopic (exact) mass is 384 g/mol. The van der Waals surface area contributed by atoms with Gasteiger partial charge in [0.1, 0.15) is 11.6 Å². The summed E-state index contributed by atoms with van der Waals surface area (Å²) in [7, 11) is 0. The van der Waals surface area contributed by atoms with Crippen LogP contribution in [0.15, 0.2) is 72.8 Å². The van der Waals surface area contributed by atoms with E-state index in [2.05, 4.69) is 10.6 Å². The molecule has 0 spiro atoms. The molecule has 0 fully saturated rings.